The van der Waals surface area contributed by atoms with Gasteiger partial charge in [0, 0.05) is 22.8 Å². The zero-order chi connectivity index (χ0) is 16.8. The lowest BCUT2D eigenvalue weighted by atomic mass is 10.00. The van der Waals surface area contributed by atoms with Crippen LogP contribution in [0.25, 0.3) is 0 Å². The van der Waals surface area contributed by atoms with Crippen LogP contribution in [0, 0.1) is 0 Å². The molecule has 0 radical (unpaired) electrons. The summed E-state index contributed by atoms with van der Waals surface area (Å²) in [6, 6.07) is 19.5. The van der Waals surface area contributed by atoms with Gasteiger partial charge in [0.05, 0.1) is 6.10 Å². The van der Waals surface area contributed by atoms with Gasteiger partial charge in [0.25, 0.3) is 0 Å². The molecule has 0 saturated carbocycles. The molecule has 2 aromatic carbocycles. The van der Waals surface area contributed by atoms with Crippen molar-refractivity contribution in [3.8, 4) is 0 Å². The highest BCUT2D eigenvalue weighted by Gasteiger charge is 2.31. The lowest BCUT2D eigenvalue weighted by Crippen LogP contribution is -2.38. The minimum atomic E-state index is -2.83. The molecule has 2 atom stereocenters. The molecule has 1 aliphatic heterocycles. The van der Waals surface area contributed by atoms with E-state index in [4.69, 9.17) is 0 Å². The molecule has 0 unspecified atom stereocenters. The Morgan fingerprint density at radius 3 is 2.08 bits per heavy atom. The van der Waals surface area contributed by atoms with E-state index >= 15 is 0 Å². The van der Waals surface area contributed by atoms with Gasteiger partial charge in [-0.3, -0.25) is 0 Å². The first kappa shape index (κ1) is 17.4. The fourth-order valence-corrected chi connectivity index (χ4v) is 6.29. The Morgan fingerprint density at radius 2 is 1.58 bits per heavy atom. The summed E-state index contributed by atoms with van der Waals surface area (Å²) < 4.78 is 13.9. The van der Waals surface area contributed by atoms with E-state index in [1.807, 2.05) is 60.7 Å². The van der Waals surface area contributed by atoms with Crippen LogP contribution in [0.15, 0.2) is 60.7 Å². The van der Waals surface area contributed by atoms with Gasteiger partial charge in [-0.05, 0) is 25.8 Å². The van der Waals surface area contributed by atoms with Crippen LogP contribution in [0.2, 0.25) is 0 Å². The van der Waals surface area contributed by atoms with Crippen LogP contribution < -0.4 is 15.9 Å². The fraction of sp³-hybridized carbons (Fsp3) is 0.400. The second kappa shape index (κ2) is 8.11. The van der Waals surface area contributed by atoms with Crippen LogP contribution in [0.3, 0.4) is 0 Å². The fourth-order valence-electron chi connectivity index (χ4n) is 3.52. The Labute approximate surface area is 144 Å². The smallest absolute Gasteiger partial charge is 0.145 e. The monoisotopic (exact) mass is 343 g/mol. The van der Waals surface area contributed by atoms with Gasteiger partial charge < -0.3 is 15.0 Å². The molecule has 1 saturated heterocycles. The number of piperidine rings is 1. The van der Waals surface area contributed by atoms with E-state index in [0.29, 0.717) is 18.6 Å². The molecule has 2 aromatic rings. The van der Waals surface area contributed by atoms with Gasteiger partial charge in [-0.2, -0.15) is 0 Å². The number of nitrogens with one attached hydrogen (secondary N) is 1. The third kappa shape index (κ3) is 4.16. The molecule has 0 bridgehead atoms. The molecule has 4 heteroatoms. The quantitative estimate of drug-likeness (QED) is 0.793. The SMILES string of the molecule is O=P(C[C@@H](O)C[C@H]1CCCCN1)(c1ccccc1)c1ccccc1. The maximum atomic E-state index is 13.9. The van der Waals surface area contributed by atoms with Gasteiger partial charge in [-0.1, -0.05) is 67.1 Å². The molecule has 0 aliphatic carbocycles. The van der Waals surface area contributed by atoms with Crippen molar-refractivity contribution in [2.24, 2.45) is 0 Å². The number of hydrogen-bond acceptors (Lipinski definition) is 3. The van der Waals surface area contributed by atoms with Gasteiger partial charge in [-0.25, -0.2) is 0 Å². The first-order chi connectivity index (χ1) is 11.7. The normalized spacial score (nSPS) is 19.8. The van der Waals surface area contributed by atoms with Crippen molar-refractivity contribution in [2.75, 3.05) is 12.7 Å². The van der Waals surface area contributed by atoms with E-state index in [-0.39, 0.29) is 0 Å². The van der Waals surface area contributed by atoms with E-state index in [9.17, 15) is 9.67 Å². The summed E-state index contributed by atoms with van der Waals surface area (Å²) in [7, 11) is -2.83. The molecule has 0 spiro atoms. The Bertz CT molecular complexity index is 625. The Morgan fingerprint density at radius 1 is 1.00 bits per heavy atom. The number of benzene rings is 2. The Hall–Kier alpha value is -1.41. The van der Waals surface area contributed by atoms with Gasteiger partial charge in [0.15, 0.2) is 0 Å². The van der Waals surface area contributed by atoms with Crippen molar-refractivity contribution in [1.29, 1.82) is 0 Å². The van der Waals surface area contributed by atoms with Crippen LogP contribution in [0.4, 0.5) is 0 Å². The molecular formula is C20H26NO2P. The number of rotatable bonds is 6. The average Bonchev–Trinajstić information content (AvgIpc) is 2.64. The van der Waals surface area contributed by atoms with Crippen molar-refractivity contribution in [3.63, 3.8) is 0 Å². The summed E-state index contributed by atoms with van der Waals surface area (Å²) in [6.45, 7) is 1.02. The van der Waals surface area contributed by atoms with E-state index in [1.165, 1.54) is 12.8 Å². The molecule has 2 N–H and O–H groups in total. The molecule has 1 heterocycles. The number of aliphatic hydroxyl groups is 1. The molecule has 3 nitrogen and oxygen atoms in total. The molecule has 24 heavy (non-hydrogen) atoms. The van der Waals surface area contributed by atoms with Gasteiger partial charge >= 0.3 is 0 Å². The van der Waals surface area contributed by atoms with Gasteiger partial charge in [0.1, 0.15) is 7.14 Å². The first-order valence-electron chi connectivity index (χ1n) is 8.80. The predicted octanol–water partition coefficient (Wildman–Crippen LogP) is 2.89. The molecule has 128 valence electrons. The third-order valence-electron chi connectivity index (χ3n) is 4.78. The van der Waals surface area contributed by atoms with Crippen LogP contribution in [0.1, 0.15) is 25.7 Å². The minimum absolute atomic E-state index is 0.305. The predicted molar refractivity (Wildman–Crippen MR) is 101 cm³/mol. The maximum absolute atomic E-state index is 13.9. The summed E-state index contributed by atoms with van der Waals surface area (Å²) in [6.07, 6.45) is 3.92. The molecular weight excluding hydrogens is 317 g/mol. The van der Waals surface area contributed by atoms with E-state index < -0.39 is 13.2 Å². The minimum Gasteiger partial charge on any atom is -0.393 e. The van der Waals surface area contributed by atoms with Crippen molar-refractivity contribution in [3.05, 3.63) is 60.7 Å². The van der Waals surface area contributed by atoms with Crippen molar-refractivity contribution < 1.29 is 9.67 Å². The maximum Gasteiger partial charge on any atom is 0.145 e. The largest absolute Gasteiger partial charge is 0.393 e. The highest BCUT2D eigenvalue weighted by Crippen LogP contribution is 2.44. The lowest BCUT2D eigenvalue weighted by molar-refractivity contribution is 0.163. The van der Waals surface area contributed by atoms with E-state index in [1.54, 1.807) is 0 Å². The summed E-state index contributed by atoms with van der Waals surface area (Å²) in [5, 5.41) is 15.8. The number of hydrogen-bond donors (Lipinski definition) is 2. The van der Waals surface area contributed by atoms with Crippen LogP contribution in [-0.4, -0.2) is 30.0 Å². The highest BCUT2D eigenvalue weighted by molar-refractivity contribution is 7.78. The second-order valence-corrected chi connectivity index (χ2v) is 9.51. The standard InChI is InChI=1S/C20H26NO2P/c22-18(15-17-9-7-8-14-21-17)16-24(23,19-10-3-1-4-11-19)20-12-5-2-6-13-20/h1-6,10-13,17-18,21-22H,7-9,14-16H2/t17-,18+/m1/s1. The average molecular weight is 343 g/mol. The zero-order valence-corrected chi connectivity index (χ0v) is 14.9. The Balaban J connectivity index is 1.81. The first-order valence-corrected chi connectivity index (χ1v) is 10.7. The zero-order valence-electron chi connectivity index (χ0n) is 14.0. The summed E-state index contributed by atoms with van der Waals surface area (Å²) in [5.74, 6) is 0. The van der Waals surface area contributed by atoms with Crippen molar-refractivity contribution in [2.45, 2.75) is 37.8 Å². The molecule has 3 rings (SSSR count). The van der Waals surface area contributed by atoms with Crippen LogP contribution in [-0.2, 0) is 4.57 Å². The second-order valence-electron chi connectivity index (χ2n) is 6.63. The molecule has 1 aliphatic rings. The lowest BCUT2D eigenvalue weighted by Gasteiger charge is -2.28. The molecule has 1 fully saturated rings. The third-order valence-corrected chi connectivity index (χ3v) is 7.98. The molecule has 0 amide bonds. The summed E-state index contributed by atoms with van der Waals surface area (Å²) in [4.78, 5) is 0. The summed E-state index contributed by atoms with van der Waals surface area (Å²) in [5.41, 5.74) is 0. The van der Waals surface area contributed by atoms with Gasteiger partial charge in [-0.15, -0.1) is 0 Å². The van der Waals surface area contributed by atoms with E-state index in [0.717, 1.165) is 23.6 Å². The molecule has 0 aromatic heterocycles. The number of aliphatic hydroxyl groups excluding tert-OH is 1. The summed E-state index contributed by atoms with van der Waals surface area (Å²) >= 11 is 0. The topological polar surface area (TPSA) is 49.3 Å². The van der Waals surface area contributed by atoms with E-state index in [2.05, 4.69) is 5.32 Å². The van der Waals surface area contributed by atoms with Crippen LogP contribution in [0.5, 0.6) is 0 Å². The van der Waals surface area contributed by atoms with Gasteiger partial charge in [0.2, 0.25) is 0 Å². The Kier molecular flexibility index (Phi) is 5.89. The van der Waals surface area contributed by atoms with Crippen molar-refractivity contribution >= 4 is 17.8 Å². The van der Waals surface area contributed by atoms with Crippen molar-refractivity contribution in [1.82, 2.24) is 5.32 Å². The van der Waals surface area contributed by atoms with Crippen LogP contribution >= 0.6 is 7.14 Å². The highest BCUT2D eigenvalue weighted by atomic mass is 31.2.